The Bertz CT molecular complexity index is 2260. The van der Waals surface area contributed by atoms with Crippen molar-refractivity contribution in [1.29, 1.82) is 0 Å². The van der Waals surface area contributed by atoms with Crippen LogP contribution in [0.5, 0.6) is 11.8 Å². The first-order valence-corrected chi connectivity index (χ1v) is 25.6. The molecule has 2 aromatic carbocycles. The number of primary amides is 1. The van der Waals surface area contributed by atoms with Crippen molar-refractivity contribution in [2.24, 2.45) is 5.73 Å². The maximum Gasteiger partial charge on any atom is 0.432 e. The number of aromatic nitrogens is 1. The van der Waals surface area contributed by atoms with E-state index in [1.807, 2.05) is 71.1 Å². The molecule has 0 radical (unpaired) electrons. The van der Waals surface area contributed by atoms with Crippen LogP contribution in [0.3, 0.4) is 0 Å². The summed E-state index contributed by atoms with van der Waals surface area (Å²) in [5, 5.41) is 34.6. The minimum Gasteiger partial charge on any atom is -0.492 e. The summed E-state index contributed by atoms with van der Waals surface area (Å²) in [6.45, 7) is 0.221. The van der Waals surface area contributed by atoms with Gasteiger partial charge in [0.25, 0.3) is 0 Å². The van der Waals surface area contributed by atoms with Gasteiger partial charge in [-0.2, -0.15) is 5.48 Å². The summed E-state index contributed by atoms with van der Waals surface area (Å²) in [6.07, 6.45) is 0.254. The lowest BCUT2D eigenvalue weighted by Gasteiger charge is -2.22. The normalized spacial score (nSPS) is 12.3. The van der Waals surface area contributed by atoms with Gasteiger partial charge >= 0.3 is 12.2 Å². The van der Waals surface area contributed by atoms with Gasteiger partial charge in [-0.05, 0) is 60.8 Å². The number of nitrogens with zero attached hydrogens (tertiary/aromatic N) is 1. The van der Waals surface area contributed by atoms with Crippen LogP contribution in [0.15, 0.2) is 60.7 Å². The van der Waals surface area contributed by atoms with Gasteiger partial charge in [0.15, 0.2) is 6.61 Å². The molecule has 3 aromatic rings. The van der Waals surface area contributed by atoms with Crippen LogP contribution in [0, 0.1) is 0 Å². The Morgan fingerprint density at radius 1 is 0.573 bits per heavy atom. The number of rotatable bonds is 37. The first-order valence-electron chi connectivity index (χ1n) is 24.1. The SMILES string of the molecule is NC(=O)[C@H](CCCCNC(=O)CI)NC(=O)[C@H](CCCCNC(=O)CONC(=O)OCC1c2ccccc2-c2ccccc21)NC(=O)COCCOCCNC(=O)COCCOCCNC(=O)On1c(O)ccc1O. The van der Waals surface area contributed by atoms with Crippen molar-refractivity contribution >= 4 is 70.2 Å². The van der Waals surface area contributed by atoms with E-state index in [-0.39, 0.29) is 97.2 Å². The fraction of sp³-hybridized carbons (Fsp3) is 0.500. The zero-order valence-corrected chi connectivity index (χ0v) is 43.4. The molecule has 0 bridgehead atoms. The lowest BCUT2D eigenvalue weighted by Crippen LogP contribution is -2.53. The smallest absolute Gasteiger partial charge is 0.432 e. The van der Waals surface area contributed by atoms with Gasteiger partial charge < -0.3 is 76.4 Å². The maximum atomic E-state index is 13.5. The average molecular weight is 1170 g/mol. The van der Waals surface area contributed by atoms with E-state index in [0.29, 0.717) is 41.4 Å². The largest absolute Gasteiger partial charge is 0.492 e. The fourth-order valence-electron chi connectivity index (χ4n) is 7.27. The Labute approximate surface area is 446 Å². The summed E-state index contributed by atoms with van der Waals surface area (Å²) in [7, 11) is 0. The van der Waals surface area contributed by atoms with E-state index >= 15 is 0 Å². The Hall–Kier alpha value is -6.79. The van der Waals surface area contributed by atoms with Crippen molar-refractivity contribution in [1.82, 2.24) is 42.1 Å². The van der Waals surface area contributed by atoms with Gasteiger partial charge in [-0.25, -0.2) is 9.59 Å². The molecular formula is C48H66IN9O17. The van der Waals surface area contributed by atoms with Crippen molar-refractivity contribution < 1.29 is 81.9 Å². The van der Waals surface area contributed by atoms with Gasteiger partial charge in [0.05, 0.1) is 44.1 Å². The van der Waals surface area contributed by atoms with Crippen LogP contribution in [0.2, 0.25) is 0 Å². The number of hydrogen-bond donors (Lipinski definition) is 10. The number of amides is 8. The molecule has 0 fully saturated rings. The Kier molecular flexibility index (Phi) is 28.1. The van der Waals surface area contributed by atoms with Gasteiger partial charge in [-0.1, -0.05) is 71.1 Å². The number of ether oxygens (including phenoxy) is 5. The van der Waals surface area contributed by atoms with Crippen LogP contribution in [-0.2, 0) is 57.3 Å². The molecule has 26 nitrogen and oxygen atoms in total. The van der Waals surface area contributed by atoms with Crippen LogP contribution in [-0.4, -0.2) is 171 Å². The number of halogens is 1. The molecule has 27 heteroatoms. The van der Waals surface area contributed by atoms with Crippen LogP contribution < -0.4 is 48.0 Å². The molecular weight excluding hydrogens is 1100 g/mol. The van der Waals surface area contributed by atoms with E-state index in [4.69, 9.17) is 39.1 Å². The number of carbonyl (C=O) groups is 8. The first-order chi connectivity index (χ1) is 36.3. The summed E-state index contributed by atoms with van der Waals surface area (Å²) in [6, 6.07) is 15.9. The average Bonchev–Trinajstić information content (AvgIpc) is 3.89. The second-order valence-electron chi connectivity index (χ2n) is 16.5. The Balaban J connectivity index is 1.07. The van der Waals surface area contributed by atoms with Crippen LogP contribution in [0.1, 0.15) is 55.6 Å². The molecule has 11 N–H and O–H groups in total. The number of alkyl halides is 1. The van der Waals surface area contributed by atoms with Gasteiger partial charge in [-0.3, -0.25) is 33.6 Å². The molecule has 8 amide bonds. The molecule has 1 aliphatic rings. The van der Waals surface area contributed by atoms with E-state index in [1.54, 1.807) is 0 Å². The highest BCUT2D eigenvalue weighted by Crippen LogP contribution is 2.44. The van der Waals surface area contributed by atoms with Crippen LogP contribution >= 0.6 is 22.6 Å². The summed E-state index contributed by atoms with van der Waals surface area (Å²) >= 11 is 1.94. The van der Waals surface area contributed by atoms with Gasteiger partial charge in [0.2, 0.25) is 47.2 Å². The number of hydroxylamine groups is 1. The highest BCUT2D eigenvalue weighted by molar-refractivity contribution is 14.1. The molecule has 1 heterocycles. The molecule has 1 aliphatic carbocycles. The van der Waals surface area contributed by atoms with Gasteiger partial charge in [0, 0.05) is 44.2 Å². The molecule has 2 atom stereocenters. The van der Waals surface area contributed by atoms with Crippen LogP contribution in [0.4, 0.5) is 9.59 Å². The number of aromatic hydroxyl groups is 2. The minimum atomic E-state index is -1.10. The van der Waals surface area contributed by atoms with E-state index in [0.717, 1.165) is 34.4 Å². The van der Waals surface area contributed by atoms with Crippen molar-refractivity contribution in [3.63, 3.8) is 0 Å². The second kappa shape index (κ2) is 34.7. The van der Waals surface area contributed by atoms with E-state index < -0.39 is 78.8 Å². The molecule has 412 valence electrons. The third-order valence-electron chi connectivity index (χ3n) is 10.9. The number of fused-ring (bicyclic) bond motifs is 3. The van der Waals surface area contributed by atoms with Crippen molar-refractivity contribution in [3.05, 3.63) is 71.8 Å². The predicted octanol–water partition coefficient (Wildman–Crippen LogP) is 0.153. The molecule has 0 spiro atoms. The topological polar surface area (TPSA) is 357 Å². The molecule has 0 saturated heterocycles. The second-order valence-corrected chi connectivity index (χ2v) is 17.2. The quantitative estimate of drug-likeness (QED) is 0.0159. The number of carbonyl (C=O) groups excluding carboxylic acids is 8. The monoisotopic (exact) mass is 1170 g/mol. The van der Waals surface area contributed by atoms with Crippen LogP contribution in [0.25, 0.3) is 11.1 Å². The van der Waals surface area contributed by atoms with Gasteiger partial charge in [0.1, 0.15) is 31.9 Å². The number of benzene rings is 2. The number of nitrogens with two attached hydrogens (primary N) is 1. The van der Waals surface area contributed by atoms with Crippen molar-refractivity contribution in [2.45, 2.75) is 56.5 Å². The molecule has 4 rings (SSSR count). The summed E-state index contributed by atoms with van der Waals surface area (Å²) in [5.74, 6) is -4.18. The highest BCUT2D eigenvalue weighted by Gasteiger charge is 2.29. The van der Waals surface area contributed by atoms with Crippen molar-refractivity contribution in [2.75, 3.05) is 96.7 Å². The fourth-order valence-corrected chi connectivity index (χ4v) is 7.54. The Morgan fingerprint density at radius 3 is 1.69 bits per heavy atom. The zero-order chi connectivity index (χ0) is 54.2. The zero-order valence-electron chi connectivity index (χ0n) is 41.3. The lowest BCUT2D eigenvalue weighted by atomic mass is 9.98. The minimum absolute atomic E-state index is 0.00498. The predicted molar refractivity (Wildman–Crippen MR) is 274 cm³/mol. The van der Waals surface area contributed by atoms with E-state index in [9.17, 15) is 48.6 Å². The lowest BCUT2D eigenvalue weighted by molar-refractivity contribution is -0.133. The maximum absolute atomic E-state index is 13.5. The van der Waals surface area contributed by atoms with Crippen molar-refractivity contribution in [3.8, 4) is 22.9 Å². The molecule has 0 saturated carbocycles. The molecule has 0 aliphatic heterocycles. The highest BCUT2D eigenvalue weighted by atomic mass is 127. The number of nitrogens with one attached hydrogen (secondary N) is 7. The molecule has 1 aromatic heterocycles. The standard InChI is InChI=1S/C48H66IN9O17/c49-27-39(59)51-17-7-5-13-37(45(50)65)56-46(66)38(14-6-8-18-52-41(61)31-74-57-48(68)73-28-36-34-11-3-1-9-32(34)33-10-2-4-12-35(33)36)55-42(62)30-72-26-24-69-21-19-53-40(60)29-71-25-23-70-22-20-54-47(67)75-58-43(63)15-16-44(58)64/h1-4,9-12,15-16,36-38,63-64H,5-8,13-14,17-31H2,(H2,50,65)(H,51,59)(H,52,61)(H,53,60)(H,54,67)(H,55,62)(H,56,66)(H,57,68)/t37-,38-/m0/s1. The number of unbranched alkanes of at least 4 members (excludes halogenated alkanes) is 2. The van der Waals surface area contributed by atoms with Gasteiger partial charge in [-0.15, -0.1) is 4.73 Å². The summed E-state index contributed by atoms with van der Waals surface area (Å²) in [4.78, 5) is 109. The third kappa shape index (κ3) is 23.1. The van der Waals surface area contributed by atoms with E-state index in [1.165, 1.54) is 0 Å². The first kappa shape index (κ1) is 60.8. The summed E-state index contributed by atoms with van der Waals surface area (Å²) < 4.78 is 27.6. The van der Waals surface area contributed by atoms with E-state index in [2.05, 4.69) is 37.4 Å². The summed E-state index contributed by atoms with van der Waals surface area (Å²) in [5.41, 5.74) is 12.0. The Morgan fingerprint density at radius 2 is 1.09 bits per heavy atom. The molecule has 0 unspecified atom stereocenters. The molecule has 75 heavy (non-hydrogen) atoms. The third-order valence-corrected chi connectivity index (χ3v) is 11.6. The number of hydrogen-bond acceptors (Lipinski definition) is 17.